The van der Waals surface area contributed by atoms with Gasteiger partial charge in [0, 0.05) is 12.8 Å². The lowest BCUT2D eigenvalue weighted by Gasteiger charge is -2.08. The molecule has 2 amide bonds. The minimum atomic E-state index is -0.534. The van der Waals surface area contributed by atoms with E-state index in [9.17, 15) is 14.4 Å². The Bertz CT molecular complexity index is 564. The number of ether oxygens (including phenoxy) is 1. The first-order chi connectivity index (χ1) is 10.0. The van der Waals surface area contributed by atoms with Gasteiger partial charge in [-0.2, -0.15) is 0 Å². The molecule has 1 heterocycles. The van der Waals surface area contributed by atoms with E-state index in [-0.39, 0.29) is 30.7 Å². The Morgan fingerprint density at radius 3 is 2.62 bits per heavy atom. The van der Waals surface area contributed by atoms with Crippen molar-refractivity contribution in [2.45, 2.75) is 39.2 Å². The SMILES string of the molecule is CCOC(=O)c1nnn(CC(=O)NNC(C)=O)c1C1CC1. The molecule has 1 aliphatic rings. The summed E-state index contributed by atoms with van der Waals surface area (Å²) in [6.45, 7) is 3.11. The average Bonchev–Trinajstić information content (AvgIpc) is 3.18. The normalized spacial score (nSPS) is 13.6. The maximum Gasteiger partial charge on any atom is 0.360 e. The molecule has 1 saturated carbocycles. The van der Waals surface area contributed by atoms with Gasteiger partial charge in [0.15, 0.2) is 5.69 Å². The first-order valence-electron chi connectivity index (χ1n) is 6.68. The molecule has 0 bridgehead atoms. The molecule has 1 aromatic rings. The van der Waals surface area contributed by atoms with Crippen molar-refractivity contribution in [3.8, 4) is 0 Å². The van der Waals surface area contributed by atoms with Crippen LogP contribution < -0.4 is 10.9 Å². The van der Waals surface area contributed by atoms with Crippen LogP contribution in [0.15, 0.2) is 0 Å². The Balaban J connectivity index is 2.11. The minimum absolute atomic E-state index is 0.126. The van der Waals surface area contributed by atoms with E-state index >= 15 is 0 Å². The monoisotopic (exact) mass is 295 g/mol. The zero-order chi connectivity index (χ0) is 15.4. The zero-order valence-electron chi connectivity index (χ0n) is 11.9. The summed E-state index contributed by atoms with van der Waals surface area (Å²) >= 11 is 0. The van der Waals surface area contributed by atoms with E-state index in [0.29, 0.717) is 5.69 Å². The number of hydrogen-bond donors (Lipinski definition) is 2. The standard InChI is InChI=1S/C12H17N5O4/c1-3-21-12(20)10-11(8-4-5-8)17(16-15-10)6-9(19)14-13-7(2)18/h8H,3-6H2,1-2H3,(H,13,18)(H,14,19). The summed E-state index contributed by atoms with van der Waals surface area (Å²) in [4.78, 5) is 34.2. The van der Waals surface area contributed by atoms with E-state index in [1.165, 1.54) is 11.6 Å². The Kier molecular flexibility index (Phi) is 4.51. The topological polar surface area (TPSA) is 115 Å². The molecule has 1 aliphatic carbocycles. The molecule has 0 atom stereocenters. The number of aromatic nitrogens is 3. The molecule has 1 fully saturated rings. The smallest absolute Gasteiger partial charge is 0.360 e. The van der Waals surface area contributed by atoms with Crippen molar-refractivity contribution in [1.82, 2.24) is 25.8 Å². The fraction of sp³-hybridized carbons (Fsp3) is 0.583. The van der Waals surface area contributed by atoms with Gasteiger partial charge in [0.1, 0.15) is 6.54 Å². The molecule has 9 heteroatoms. The fourth-order valence-electron chi connectivity index (χ4n) is 1.88. The highest BCUT2D eigenvalue weighted by atomic mass is 16.5. The molecule has 2 rings (SSSR count). The molecular weight excluding hydrogens is 278 g/mol. The number of amides is 2. The van der Waals surface area contributed by atoms with Gasteiger partial charge in [-0.25, -0.2) is 9.48 Å². The van der Waals surface area contributed by atoms with Crippen LogP contribution in [0.4, 0.5) is 0 Å². The van der Waals surface area contributed by atoms with Crippen LogP contribution in [0.3, 0.4) is 0 Å². The first kappa shape index (κ1) is 14.9. The average molecular weight is 295 g/mol. The Morgan fingerprint density at radius 1 is 1.33 bits per heavy atom. The number of carbonyl (C=O) groups excluding carboxylic acids is 3. The minimum Gasteiger partial charge on any atom is -0.461 e. The zero-order valence-corrected chi connectivity index (χ0v) is 11.9. The van der Waals surface area contributed by atoms with Gasteiger partial charge in [-0.3, -0.25) is 20.4 Å². The quantitative estimate of drug-likeness (QED) is 0.559. The highest BCUT2D eigenvalue weighted by Gasteiger charge is 2.34. The van der Waals surface area contributed by atoms with E-state index in [0.717, 1.165) is 12.8 Å². The largest absolute Gasteiger partial charge is 0.461 e. The molecule has 21 heavy (non-hydrogen) atoms. The second-order valence-electron chi connectivity index (χ2n) is 4.71. The molecular formula is C12H17N5O4. The molecule has 0 aromatic carbocycles. The predicted octanol–water partition coefficient (Wildman–Crippen LogP) is -0.500. The van der Waals surface area contributed by atoms with E-state index in [1.807, 2.05) is 0 Å². The summed E-state index contributed by atoms with van der Waals surface area (Å²) in [6.07, 6.45) is 1.85. The summed E-state index contributed by atoms with van der Waals surface area (Å²) in [7, 11) is 0. The van der Waals surface area contributed by atoms with Gasteiger partial charge < -0.3 is 4.74 Å². The van der Waals surface area contributed by atoms with Crippen molar-refractivity contribution in [3.63, 3.8) is 0 Å². The number of carbonyl (C=O) groups is 3. The van der Waals surface area contributed by atoms with Crippen LogP contribution in [0, 0.1) is 0 Å². The molecule has 2 N–H and O–H groups in total. The summed E-state index contributed by atoms with van der Waals surface area (Å²) < 4.78 is 6.31. The molecule has 1 aromatic heterocycles. The van der Waals surface area contributed by atoms with Crippen molar-refractivity contribution >= 4 is 17.8 Å². The lowest BCUT2D eigenvalue weighted by atomic mass is 10.2. The lowest BCUT2D eigenvalue weighted by molar-refractivity contribution is -0.128. The summed E-state index contributed by atoms with van der Waals surface area (Å²) in [5, 5.41) is 7.66. The van der Waals surface area contributed by atoms with E-state index in [2.05, 4.69) is 21.2 Å². The molecule has 0 spiro atoms. The van der Waals surface area contributed by atoms with Gasteiger partial charge in [-0.15, -0.1) is 5.10 Å². The van der Waals surface area contributed by atoms with E-state index in [4.69, 9.17) is 4.74 Å². The third-order valence-electron chi connectivity index (χ3n) is 2.88. The van der Waals surface area contributed by atoms with Gasteiger partial charge in [-0.05, 0) is 19.8 Å². The first-order valence-corrected chi connectivity index (χ1v) is 6.68. The number of hydrazine groups is 1. The Hall–Kier alpha value is -2.45. The molecule has 0 saturated heterocycles. The fourth-order valence-corrected chi connectivity index (χ4v) is 1.88. The van der Waals surface area contributed by atoms with Crippen LogP contribution in [0.5, 0.6) is 0 Å². The Labute approximate surface area is 121 Å². The highest BCUT2D eigenvalue weighted by Crippen LogP contribution is 2.41. The number of nitrogens with one attached hydrogen (secondary N) is 2. The molecule has 0 radical (unpaired) electrons. The molecule has 114 valence electrons. The molecule has 0 unspecified atom stereocenters. The second-order valence-corrected chi connectivity index (χ2v) is 4.71. The van der Waals surface area contributed by atoms with Crippen molar-refractivity contribution in [3.05, 3.63) is 11.4 Å². The van der Waals surface area contributed by atoms with Crippen molar-refractivity contribution in [2.24, 2.45) is 0 Å². The second kappa shape index (κ2) is 6.33. The van der Waals surface area contributed by atoms with Crippen molar-refractivity contribution < 1.29 is 19.1 Å². The predicted molar refractivity (Wildman–Crippen MR) is 69.9 cm³/mol. The third-order valence-corrected chi connectivity index (χ3v) is 2.88. The van der Waals surface area contributed by atoms with Crippen LogP contribution in [0.2, 0.25) is 0 Å². The maximum absolute atomic E-state index is 11.8. The van der Waals surface area contributed by atoms with E-state index in [1.54, 1.807) is 6.92 Å². The summed E-state index contributed by atoms with van der Waals surface area (Å²) in [6, 6.07) is 0. The molecule has 0 aliphatic heterocycles. The van der Waals surface area contributed by atoms with Crippen LogP contribution in [0.25, 0.3) is 0 Å². The summed E-state index contributed by atoms with van der Waals surface area (Å²) in [5.41, 5.74) is 5.20. The van der Waals surface area contributed by atoms with Crippen LogP contribution in [-0.2, 0) is 20.9 Å². The van der Waals surface area contributed by atoms with Crippen LogP contribution in [-0.4, -0.2) is 39.4 Å². The third kappa shape index (κ3) is 3.77. The van der Waals surface area contributed by atoms with Gasteiger partial charge in [0.2, 0.25) is 5.91 Å². The van der Waals surface area contributed by atoms with Gasteiger partial charge in [0.05, 0.1) is 12.3 Å². The number of rotatable bonds is 5. The van der Waals surface area contributed by atoms with Crippen LogP contribution in [0.1, 0.15) is 48.8 Å². The number of hydrogen-bond acceptors (Lipinski definition) is 6. The lowest BCUT2D eigenvalue weighted by Crippen LogP contribution is -2.42. The van der Waals surface area contributed by atoms with Gasteiger partial charge in [0.25, 0.3) is 5.91 Å². The molecule has 9 nitrogen and oxygen atoms in total. The van der Waals surface area contributed by atoms with Crippen LogP contribution >= 0.6 is 0 Å². The van der Waals surface area contributed by atoms with Gasteiger partial charge in [-0.1, -0.05) is 5.21 Å². The summed E-state index contributed by atoms with van der Waals surface area (Å²) in [5.74, 6) is -1.19. The van der Waals surface area contributed by atoms with E-state index < -0.39 is 11.9 Å². The number of esters is 1. The van der Waals surface area contributed by atoms with Crippen molar-refractivity contribution in [1.29, 1.82) is 0 Å². The van der Waals surface area contributed by atoms with Gasteiger partial charge >= 0.3 is 5.97 Å². The van der Waals surface area contributed by atoms with Crippen molar-refractivity contribution in [2.75, 3.05) is 6.61 Å². The Morgan fingerprint density at radius 2 is 2.05 bits per heavy atom. The number of nitrogens with zero attached hydrogens (tertiary/aromatic N) is 3. The highest BCUT2D eigenvalue weighted by molar-refractivity contribution is 5.89. The maximum atomic E-state index is 11.8.